The molecule has 2 amide bonds. The number of esters is 1. The van der Waals surface area contributed by atoms with E-state index in [1.807, 2.05) is 48.5 Å². The van der Waals surface area contributed by atoms with Gasteiger partial charge in [-0.1, -0.05) is 60.7 Å². The number of ether oxygens (including phenoxy) is 1. The van der Waals surface area contributed by atoms with Gasteiger partial charge in [0.15, 0.2) is 6.61 Å². The number of alkyl halides is 2. The van der Waals surface area contributed by atoms with Crippen LogP contribution in [0.5, 0.6) is 0 Å². The Balaban J connectivity index is 1.15. The molecule has 11 heteroatoms. The molecule has 4 aliphatic rings. The molecule has 1 aliphatic heterocycles. The number of nitrogens with zero attached hydrogens (tertiary/aromatic N) is 2. The maximum Gasteiger partial charge on any atom is 0.338 e. The van der Waals surface area contributed by atoms with Crippen LogP contribution in [0.4, 0.5) is 11.4 Å². The number of carbonyl (C=O) groups is 4. The summed E-state index contributed by atoms with van der Waals surface area (Å²) in [5, 5.41) is 11.0. The van der Waals surface area contributed by atoms with E-state index >= 15 is 0 Å². The fourth-order valence-electron chi connectivity index (χ4n) is 6.76. The number of amides is 2. The molecule has 4 aromatic carbocycles. The summed E-state index contributed by atoms with van der Waals surface area (Å²) in [7, 11) is 0. The van der Waals surface area contributed by atoms with Crippen molar-refractivity contribution in [1.82, 2.24) is 0 Å². The van der Waals surface area contributed by atoms with Gasteiger partial charge in [-0.15, -0.1) is 23.2 Å². The van der Waals surface area contributed by atoms with E-state index in [4.69, 9.17) is 27.9 Å². The number of benzene rings is 4. The van der Waals surface area contributed by atoms with Gasteiger partial charge < -0.3 is 4.74 Å². The molecular weight excluding hydrogens is 607 g/mol. The molecule has 4 aromatic rings. The van der Waals surface area contributed by atoms with Crippen LogP contribution < -0.4 is 4.90 Å². The molecule has 0 spiro atoms. The number of Topliss-reactive ketones (excluding diaryl/α,β-unsaturated/α-hetero) is 1. The van der Waals surface area contributed by atoms with E-state index in [2.05, 4.69) is 0 Å². The average molecular weight is 627 g/mol. The molecule has 8 rings (SSSR count). The third-order valence-electron chi connectivity index (χ3n) is 8.66. The van der Waals surface area contributed by atoms with Crippen LogP contribution in [0.1, 0.15) is 43.0 Å². The maximum atomic E-state index is 14.1. The first-order valence-corrected chi connectivity index (χ1v) is 14.3. The van der Waals surface area contributed by atoms with E-state index in [-0.39, 0.29) is 22.5 Å². The SMILES string of the molecule is O=C(COC(=O)c1ccc(N2C(=O)[C@@H]3[C@@H](C2=O)C2(Cl)c4ccccc4C3(Cl)c3ccccc32)cc1)c1cccc([N+](=O)[O-])c1. The van der Waals surface area contributed by atoms with Gasteiger partial charge in [-0.05, 0) is 46.5 Å². The minimum atomic E-state index is -1.31. The number of anilines is 1. The third kappa shape index (κ3) is 3.72. The highest BCUT2D eigenvalue weighted by molar-refractivity contribution is 6.38. The van der Waals surface area contributed by atoms with E-state index in [9.17, 15) is 29.3 Å². The van der Waals surface area contributed by atoms with Crippen LogP contribution in [0.25, 0.3) is 0 Å². The Bertz CT molecular complexity index is 1820. The molecular formula is C33H20Cl2N2O7. The predicted molar refractivity (Wildman–Crippen MR) is 160 cm³/mol. The number of hydrogen-bond donors (Lipinski definition) is 0. The minimum Gasteiger partial charge on any atom is -0.454 e. The standard InChI is InChI=1S/C33H20Cl2N2O7/c34-32-22-8-1-2-9-23(22)33(35,25-11-4-3-10-24(25)32)28-27(32)29(39)36(30(28)40)20-14-12-18(13-15-20)31(41)44-17-26(38)19-6-5-7-21(16-19)37(42)43/h1-16,27-28H,17H2/t27-,28-,32?,33?/m0/s1. The molecule has 1 fully saturated rings. The van der Waals surface area contributed by atoms with Crippen molar-refractivity contribution < 1.29 is 28.8 Å². The van der Waals surface area contributed by atoms with Crippen molar-refractivity contribution in [3.63, 3.8) is 0 Å². The Kier molecular flexibility index (Phi) is 6.25. The average Bonchev–Trinajstić information content (AvgIpc) is 3.33. The van der Waals surface area contributed by atoms with E-state index in [1.54, 1.807) is 0 Å². The lowest BCUT2D eigenvalue weighted by molar-refractivity contribution is -0.384. The summed E-state index contributed by atoms with van der Waals surface area (Å²) in [5.74, 6) is -4.38. The van der Waals surface area contributed by atoms with Crippen LogP contribution in [0.15, 0.2) is 97.1 Å². The number of rotatable bonds is 6. The van der Waals surface area contributed by atoms with Gasteiger partial charge in [-0.25, -0.2) is 9.69 Å². The van der Waals surface area contributed by atoms with Gasteiger partial charge in [0.1, 0.15) is 9.75 Å². The fraction of sp³-hybridized carbons (Fsp3) is 0.152. The highest BCUT2D eigenvalue weighted by Crippen LogP contribution is 2.69. The number of nitro benzene ring substituents is 1. The van der Waals surface area contributed by atoms with Crippen LogP contribution in [-0.4, -0.2) is 35.1 Å². The molecule has 0 N–H and O–H groups in total. The van der Waals surface area contributed by atoms with Crippen molar-refractivity contribution in [2.24, 2.45) is 11.8 Å². The lowest BCUT2D eigenvalue weighted by Gasteiger charge is -2.54. The Labute approximate surface area is 260 Å². The normalized spacial score (nSPS) is 24.4. The largest absolute Gasteiger partial charge is 0.454 e. The zero-order chi connectivity index (χ0) is 31.0. The molecule has 1 saturated heterocycles. The molecule has 3 aliphatic carbocycles. The number of hydrogen-bond acceptors (Lipinski definition) is 7. The Morgan fingerprint density at radius 3 is 1.73 bits per heavy atom. The second-order valence-electron chi connectivity index (χ2n) is 10.8. The molecule has 2 bridgehead atoms. The van der Waals surface area contributed by atoms with Crippen molar-refractivity contribution in [3.05, 3.63) is 141 Å². The molecule has 1 heterocycles. The molecule has 9 nitrogen and oxygen atoms in total. The van der Waals surface area contributed by atoms with Gasteiger partial charge in [-0.3, -0.25) is 24.5 Å². The van der Waals surface area contributed by atoms with Gasteiger partial charge in [0.05, 0.1) is 28.0 Å². The van der Waals surface area contributed by atoms with Gasteiger partial charge >= 0.3 is 5.97 Å². The lowest BCUT2D eigenvalue weighted by Crippen LogP contribution is -2.57. The van der Waals surface area contributed by atoms with Crippen molar-refractivity contribution >= 4 is 58.1 Å². The summed E-state index contributed by atoms with van der Waals surface area (Å²) in [5.41, 5.74) is 2.84. The number of carbonyl (C=O) groups excluding carboxylic acids is 4. The molecule has 0 saturated carbocycles. The molecule has 2 atom stereocenters. The summed E-state index contributed by atoms with van der Waals surface area (Å²) < 4.78 is 5.12. The first kappa shape index (κ1) is 27.9. The van der Waals surface area contributed by atoms with Gasteiger partial charge in [0, 0.05) is 17.7 Å². The van der Waals surface area contributed by atoms with E-state index in [0.717, 1.165) is 11.0 Å². The first-order valence-electron chi connectivity index (χ1n) is 13.6. The predicted octanol–water partition coefficient (Wildman–Crippen LogP) is 5.73. The Hall–Kier alpha value is -4.86. The maximum absolute atomic E-state index is 14.1. The number of halogens is 2. The van der Waals surface area contributed by atoms with Crippen molar-refractivity contribution in [1.29, 1.82) is 0 Å². The molecule has 0 aromatic heterocycles. The number of non-ortho nitro benzene ring substituents is 1. The van der Waals surface area contributed by atoms with Crippen LogP contribution in [-0.2, 0) is 24.1 Å². The van der Waals surface area contributed by atoms with Gasteiger partial charge in [-0.2, -0.15) is 0 Å². The Morgan fingerprint density at radius 2 is 1.25 bits per heavy atom. The second-order valence-corrected chi connectivity index (χ2v) is 12.0. The fourth-order valence-corrected chi connectivity index (χ4v) is 7.86. The highest BCUT2D eigenvalue weighted by Gasteiger charge is 2.73. The van der Waals surface area contributed by atoms with Crippen molar-refractivity contribution in [2.45, 2.75) is 9.75 Å². The van der Waals surface area contributed by atoms with Crippen molar-refractivity contribution in [2.75, 3.05) is 11.5 Å². The highest BCUT2D eigenvalue weighted by atomic mass is 35.5. The number of nitro groups is 1. The van der Waals surface area contributed by atoms with Crippen LogP contribution in [0.2, 0.25) is 0 Å². The Morgan fingerprint density at radius 1 is 0.750 bits per heavy atom. The molecule has 44 heavy (non-hydrogen) atoms. The minimum absolute atomic E-state index is 0.0299. The van der Waals surface area contributed by atoms with Gasteiger partial charge in [0.25, 0.3) is 5.69 Å². The first-order chi connectivity index (χ1) is 21.1. The topological polar surface area (TPSA) is 124 Å². The third-order valence-corrected chi connectivity index (χ3v) is 9.94. The molecule has 0 radical (unpaired) electrons. The molecule has 218 valence electrons. The molecule has 0 unspecified atom stereocenters. The second kappa shape index (κ2) is 9.83. The summed E-state index contributed by atoms with van der Waals surface area (Å²) in [4.78, 5) is 62.1. The summed E-state index contributed by atoms with van der Waals surface area (Å²) in [6.45, 7) is -0.634. The summed E-state index contributed by atoms with van der Waals surface area (Å²) in [6.07, 6.45) is 0. The van der Waals surface area contributed by atoms with Crippen LogP contribution in [0.3, 0.4) is 0 Å². The van der Waals surface area contributed by atoms with Crippen LogP contribution >= 0.6 is 23.2 Å². The van der Waals surface area contributed by atoms with Crippen LogP contribution in [0, 0.1) is 22.0 Å². The van der Waals surface area contributed by atoms with E-state index < -0.39 is 56.7 Å². The van der Waals surface area contributed by atoms with E-state index in [0.29, 0.717) is 22.3 Å². The van der Waals surface area contributed by atoms with E-state index in [1.165, 1.54) is 42.5 Å². The zero-order valence-corrected chi connectivity index (χ0v) is 24.1. The summed E-state index contributed by atoms with van der Waals surface area (Å²) >= 11 is 14.9. The van der Waals surface area contributed by atoms with Crippen molar-refractivity contribution in [3.8, 4) is 0 Å². The number of imide groups is 1. The number of ketones is 1. The smallest absolute Gasteiger partial charge is 0.338 e. The lowest BCUT2D eigenvalue weighted by atomic mass is 9.54. The van der Waals surface area contributed by atoms with Gasteiger partial charge in [0.2, 0.25) is 17.6 Å². The monoisotopic (exact) mass is 626 g/mol. The zero-order valence-electron chi connectivity index (χ0n) is 22.6. The summed E-state index contributed by atoms with van der Waals surface area (Å²) in [6, 6.07) is 25.4. The quantitative estimate of drug-likeness (QED) is 0.0668.